The molecular weight excluding hydrogens is 471 g/mol. The summed E-state index contributed by atoms with van der Waals surface area (Å²) in [5.74, 6) is 0.762. The molecule has 0 radical (unpaired) electrons. The highest BCUT2D eigenvalue weighted by atomic mass is 19.1. The predicted octanol–water partition coefficient (Wildman–Crippen LogP) is 3.57. The monoisotopic (exact) mass is 514 g/mol. The van der Waals surface area contributed by atoms with Crippen LogP contribution in [0, 0.1) is 29.5 Å². The van der Waals surface area contributed by atoms with Crippen molar-refractivity contribution in [1.29, 1.82) is 0 Å². The number of nitrogens with two attached hydrogens (primary N) is 1. The maximum absolute atomic E-state index is 13.6. The number of nitrogens with one attached hydrogen (secondary N) is 1. The third-order valence-electron chi connectivity index (χ3n) is 8.31. The van der Waals surface area contributed by atoms with Gasteiger partial charge in [-0.3, -0.25) is 14.4 Å². The van der Waals surface area contributed by atoms with Crippen molar-refractivity contribution < 1.29 is 18.8 Å². The van der Waals surface area contributed by atoms with Gasteiger partial charge in [-0.15, -0.1) is 0 Å². The summed E-state index contributed by atoms with van der Waals surface area (Å²) >= 11 is 0. The Hall–Kier alpha value is -2.48. The minimum Gasteiger partial charge on any atom is -0.354 e. The molecule has 1 saturated heterocycles. The summed E-state index contributed by atoms with van der Waals surface area (Å²) in [7, 11) is 0. The molecule has 3 amide bonds. The van der Waals surface area contributed by atoms with Crippen LogP contribution in [0.5, 0.6) is 0 Å². The highest BCUT2D eigenvalue weighted by Crippen LogP contribution is 2.34. The molecule has 1 unspecified atom stereocenters. The van der Waals surface area contributed by atoms with E-state index in [2.05, 4.69) is 19.2 Å². The topological polar surface area (TPSA) is 95.7 Å². The van der Waals surface area contributed by atoms with E-state index < -0.39 is 11.9 Å². The van der Waals surface area contributed by atoms with E-state index in [1.54, 1.807) is 4.90 Å². The summed E-state index contributed by atoms with van der Waals surface area (Å²) in [5, 5.41) is 3.14. The van der Waals surface area contributed by atoms with Gasteiger partial charge in [0.05, 0.1) is 0 Å². The zero-order valence-corrected chi connectivity index (χ0v) is 22.3. The van der Waals surface area contributed by atoms with E-state index in [-0.39, 0.29) is 29.7 Å². The van der Waals surface area contributed by atoms with E-state index in [9.17, 15) is 18.8 Å². The van der Waals surface area contributed by atoms with E-state index in [1.165, 1.54) is 24.3 Å². The molecule has 204 valence electrons. The summed E-state index contributed by atoms with van der Waals surface area (Å²) in [4.78, 5) is 43.8. The number of rotatable bonds is 9. The second-order valence-electron chi connectivity index (χ2n) is 11.7. The fourth-order valence-electron chi connectivity index (χ4n) is 5.89. The van der Waals surface area contributed by atoms with E-state index in [1.807, 2.05) is 4.90 Å². The van der Waals surface area contributed by atoms with Gasteiger partial charge in [0.1, 0.15) is 11.9 Å². The van der Waals surface area contributed by atoms with Gasteiger partial charge in [0.25, 0.3) is 5.91 Å². The number of nitrogens with zero attached hydrogens (tertiary/aromatic N) is 2. The lowest BCUT2D eigenvalue weighted by Crippen LogP contribution is -2.59. The Balaban J connectivity index is 1.48. The highest BCUT2D eigenvalue weighted by molar-refractivity contribution is 5.97. The standard InChI is InChI=1S/C29H43FN4O3/c1-19(2)18-34(29(37)22-7-8-22)25-13-14-33(28(36)23-9-11-24(30)12-10-23)26(15-25)27(35)32-17-21-5-3-20(16-31)4-6-21/h9-12,19-22,25-26H,3-8,13-18,31H2,1-2H3,(H,32,35)/t20?,21?,25?,26-/m1/s1. The largest absolute Gasteiger partial charge is 0.354 e. The quantitative estimate of drug-likeness (QED) is 0.527. The molecule has 7 nitrogen and oxygen atoms in total. The van der Waals surface area contributed by atoms with Crippen LogP contribution in [0.1, 0.15) is 75.6 Å². The number of benzene rings is 1. The number of carbonyl (C=O) groups is 3. The van der Waals surface area contributed by atoms with Crippen LogP contribution >= 0.6 is 0 Å². The van der Waals surface area contributed by atoms with E-state index in [4.69, 9.17) is 5.73 Å². The van der Waals surface area contributed by atoms with Crippen molar-refractivity contribution in [2.75, 3.05) is 26.2 Å². The molecule has 0 aromatic heterocycles. The fraction of sp³-hybridized carbons (Fsp3) is 0.690. The lowest BCUT2D eigenvalue weighted by molar-refractivity contribution is -0.139. The van der Waals surface area contributed by atoms with Crippen LogP contribution in [0.4, 0.5) is 4.39 Å². The van der Waals surface area contributed by atoms with Crippen molar-refractivity contribution in [1.82, 2.24) is 15.1 Å². The molecule has 3 aliphatic rings. The molecule has 2 aliphatic carbocycles. The number of hydrogen-bond donors (Lipinski definition) is 2. The van der Waals surface area contributed by atoms with Crippen molar-refractivity contribution >= 4 is 17.7 Å². The molecule has 3 N–H and O–H groups in total. The van der Waals surface area contributed by atoms with Crippen LogP contribution in [0.3, 0.4) is 0 Å². The summed E-state index contributed by atoms with van der Waals surface area (Å²) in [6.45, 7) is 6.55. The summed E-state index contributed by atoms with van der Waals surface area (Å²) in [5.41, 5.74) is 6.19. The second-order valence-corrected chi connectivity index (χ2v) is 11.7. The Bertz CT molecular complexity index is 941. The first kappa shape index (κ1) is 27.6. The molecule has 1 heterocycles. The van der Waals surface area contributed by atoms with Gasteiger partial charge in [-0.05, 0) is 99.9 Å². The van der Waals surface area contributed by atoms with Crippen LogP contribution in [-0.2, 0) is 9.59 Å². The van der Waals surface area contributed by atoms with Crippen molar-refractivity contribution in [2.45, 2.75) is 77.3 Å². The average Bonchev–Trinajstić information content (AvgIpc) is 3.75. The third kappa shape index (κ3) is 7.09. The van der Waals surface area contributed by atoms with E-state index in [0.29, 0.717) is 55.8 Å². The Morgan fingerprint density at radius 2 is 1.68 bits per heavy atom. The highest BCUT2D eigenvalue weighted by Gasteiger charge is 2.42. The Labute approximate surface area is 220 Å². The average molecular weight is 515 g/mol. The minimum atomic E-state index is -0.668. The molecule has 3 fully saturated rings. The molecule has 4 rings (SSSR count). The Morgan fingerprint density at radius 1 is 1.03 bits per heavy atom. The van der Waals surface area contributed by atoms with Gasteiger partial charge >= 0.3 is 0 Å². The SMILES string of the molecule is CC(C)CN(C(=O)C1CC1)C1CCN(C(=O)c2ccc(F)cc2)[C@@H](C(=O)NCC2CCC(CN)CC2)C1. The maximum Gasteiger partial charge on any atom is 0.254 e. The van der Waals surface area contributed by atoms with E-state index in [0.717, 1.165) is 45.1 Å². The first-order valence-electron chi connectivity index (χ1n) is 14.1. The van der Waals surface area contributed by atoms with Crippen LogP contribution in [0.15, 0.2) is 24.3 Å². The number of piperidine rings is 1. The second kappa shape index (κ2) is 12.4. The molecule has 0 bridgehead atoms. The summed E-state index contributed by atoms with van der Waals surface area (Å²) in [6, 6.07) is 4.73. The first-order valence-corrected chi connectivity index (χ1v) is 14.1. The summed E-state index contributed by atoms with van der Waals surface area (Å²) < 4.78 is 13.5. The molecule has 1 aromatic rings. The molecular formula is C29H43FN4O3. The lowest BCUT2D eigenvalue weighted by Gasteiger charge is -2.43. The lowest BCUT2D eigenvalue weighted by atomic mass is 9.82. The fourth-order valence-corrected chi connectivity index (χ4v) is 5.89. The zero-order valence-electron chi connectivity index (χ0n) is 22.3. The summed E-state index contributed by atoms with van der Waals surface area (Å²) in [6.07, 6.45) is 7.19. The van der Waals surface area contributed by atoms with Crippen molar-refractivity contribution in [3.8, 4) is 0 Å². The molecule has 1 aliphatic heterocycles. The molecule has 8 heteroatoms. The number of amides is 3. The molecule has 1 aromatic carbocycles. The van der Waals surface area contributed by atoms with Crippen molar-refractivity contribution in [3.05, 3.63) is 35.6 Å². The minimum absolute atomic E-state index is 0.0801. The van der Waals surface area contributed by atoms with Gasteiger partial charge in [0.2, 0.25) is 11.8 Å². The Kier molecular flexibility index (Phi) is 9.22. The molecule has 0 spiro atoms. The van der Waals surface area contributed by atoms with Crippen molar-refractivity contribution in [3.63, 3.8) is 0 Å². The van der Waals surface area contributed by atoms with Gasteiger partial charge in [-0.1, -0.05) is 13.8 Å². The molecule has 2 saturated carbocycles. The number of carbonyl (C=O) groups excluding carboxylic acids is 3. The van der Waals surface area contributed by atoms with Gasteiger partial charge in [-0.25, -0.2) is 4.39 Å². The van der Waals surface area contributed by atoms with E-state index >= 15 is 0 Å². The van der Waals surface area contributed by atoms with Crippen LogP contribution in [0.25, 0.3) is 0 Å². The normalized spacial score (nSPS) is 26.1. The molecule has 2 atom stereocenters. The van der Waals surface area contributed by atoms with Gasteiger partial charge in [0.15, 0.2) is 0 Å². The Morgan fingerprint density at radius 3 is 2.27 bits per heavy atom. The predicted molar refractivity (Wildman–Crippen MR) is 141 cm³/mol. The first-order chi connectivity index (χ1) is 17.8. The van der Waals surface area contributed by atoms with Crippen LogP contribution < -0.4 is 11.1 Å². The van der Waals surface area contributed by atoms with Gasteiger partial charge in [-0.2, -0.15) is 0 Å². The number of hydrogen-bond acceptors (Lipinski definition) is 4. The van der Waals surface area contributed by atoms with Gasteiger partial charge in [0, 0.05) is 37.2 Å². The zero-order chi connectivity index (χ0) is 26.5. The maximum atomic E-state index is 13.6. The van der Waals surface area contributed by atoms with Gasteiger partial charge < -0.3 is 20.9 Å². The smallest absolute Gasteiger partial charge is 0.254 e. The number of likely N-dealkylation sites (tertiary alicyclic amines) is 1. The van der Waals surface area contributed by atoms with Crippen molar-refractivity contribution in [2.24, 2.45) is 29.4 Å². The number of halogens is 1. The van der Waals surface area contributed by atoms with Crippen LogP contribution in [0.2, 0.25) is 0 Å². The third-order valence-corrected chi connectivity index (χ3v) is 8.31. The van der Waals surface area contributed by atoms with Crippen LogP contribution in [-0.4, -0.2) is 65.8 Å². The molecule has 37 heavy (non-hydrogen) atoms.